The molecule has 0 atom stereocenters. The topological polar surface area (TPSA) is 94.8 Å². The minimum absolute atomic E-state index is 0. The van der Waals surface area contributed by atoms with E-state index in [1.54, 1.807) is 42.1 Å². The summed E-state index contributed by atoms with van der Waals surface area (Å²) in [6, 6.07) is 13.5. The Morgan fingerprint density at radius 2 is 1.82 bits per heavy atom. The van der Waals surface area contributed by atoms with Crippen LogP contribution < -0.4 is 10.2 Å². The zero-order chi connectivity index (χ0) is 26.4. The van der Waals surface area contributed by atoms with Crippen molar-refractivity contribution in [3.63, 3.8) is 0 Å². The number of nitrogens with zero attached hydrogens (tertiary/aromatic N) is 5. The van der Waals surface area contributed by atoms with Crippen LogP contribution in [0.15, 0.2) is 47.0 Å². The molecule has 0 bridgehead atoms. The van der Waals surface area contributed by atoms with E-state index in [-0.39, 0.29) is 32.3 Å². The highest BCUT2D eigenvalue weighted by atomic mass is 35.5. The zero-order valence-electron chi connectivity index (χ0n) is 21.5. The van der Waals surface area contributed by atoms with Crippen molar-refractivity contribution in [2.24, 2.45) is 0 Å². The van der Waals surface area contributed by atoms with Crippen LogP contribution in [0.25, 0.3) is 11.4 Å². The van der Waals surface area contributed by atoms with Crippen LogP contribution in [0, 0.1) is 6.92 Å². The number of hydrazine groups is 1. The van der Waals surface area contributed by atoms with Crippen molar-refractivity contribution in [1.82, 2.24) is 25.5 Å². The Kier molecular flexibility index (Phi) is 10.3. The summed E-state index contributed by atoms with van der Waals surface area (Å²) >= 11 is 6.59. The summed E-state index contributed by atoms with van der Waals surface area (Å²) in [5.41, 5.74) is 3.64. The Hall–Kier alpha value is -3.43. The van der Waals surface area contributed by atoms with Gasteiger partial charge in [-0.1, -0.05) is 68.2 Å². The predicted octanol–water partition coefficient (Wildman–Crippen LogP) is 4.84. The van der Waals surface area contributed by atoms with Crippen LogP contribution in [-0.4, -0.2) is 58.7 Å². The Labute approximate surface area is 229 Å². The number of carbonyl (C=O) groups is 2. The first-order valence-corrected chi connectivity index (χ1v) is 12.9. The van der Waals surface area contributed by atoms with Gasteiger partial charge in [-0.05, 0) is 35.7 Å². The Bertz CT molecular complexity index is 1220. The van der Waals surface area contributed by atoms with Crippen molar-refractivity contribution in [3.05, 3.63) is 64.5 Å². The van der Waals surface area contributed by atoms with Gasteiger partial charge in [0.2, 0.25) is 17.6 Å². The first-order valence-electron chi connectivity index (χ1n) is 12.6. The average molecular weight is 541 g/mol. The molecule has 2 amide bonds. The molecule has 2 heterocycles. The highest BCUT2D eigenvalue weighted by Crippen LogP contribution is 2.31. The molecule has 38 heavy (non-hydrogen) atoms. The fraction of sp³-hybridized carbons (Fsp3) is 0.429. The predicted molar refractivity (Wildman–Crippen MR) is 149 cm³/mol. The number of aryl methyl sites for hydroxylation is 1. The van der Waals surface area contributed by atoms with Crippen LogP contribution in [0.3, 0.4) is 0 Å². The number of fused-ring (bicyclic) bond motifs is 1. The molecule has 1 N–H and O–H groups in total. The standard InChI is InChI=1S/C27H33ClN6O3.CH4/c1-4-5-8-13-29-25(35)17-33(24-14-20(11-12-23(24)28)27-30-19(2)37-31-27)18-26(36)32(3)34-15-21-9-6-7-10-22(21)16-34;/h6-7,9-12,14H,4-5,8,13,15-18H2,1-3H3,(H,29,35);1H4. The highest BCUT2D eigenvalue weighted by Gasteiger charge is 2.27. The van der Waals surface area contributed by atoms with E-state index in [0.717, 1.165) is 19.3 Å². The molecule has 10 heteroatoms. The number of unbranched alkanes of at least 4 members (excludes halogenated alkanes) is 2. The van der Waals surface area contributed by atoms with Gasteiger partial charge in [0, 0.05) is 39.2 Å². The molecular weight excluding hydrogens is 504 g/mol. The molecule has 0 saturated heterocycles. The summed E-state index contributed by atoms with van der Waals surface area (Å²) in [5, 5.41) is 11.0. The minimum atomic E-state index is -0.169. The summed E-state index contributed by atoms with van der Waals surface area (Å²) < 4.78 is 5.12. The third-order valence-electron chi connectivity index (χ3n) is 6.44. The van der Waals surface area contributed by atoms with Crippen molar-refractivity contribution in [2.75, 3.05) is 31.6 Å². The first-order chi connectivity index (χ1) is 17.9. The zero-order valence-corrected chi connectivity index (χ0v) is 22.3. The van der Waals surface area contributed by atoms with Gasteiger partial charge in [-0.15, -0.1) is 0 Å². The van der Waals surface area contributed by atoms with E-state index in [1.165, 1.54) is 11.1 Å². The van der Waals surface area contributed by atoms with Crippen molar-refractivity contribution in [1.29, 1.82) is 0 Å². The smallest absolute Gasteiger partial charge is 0.256 e. The molecule has 1 aromatic heterocycles. The molecule has 3 aromatic rings. The molecule has 0 aliphatic carbocycles. The summed E-state index contributed by atoms with van der Waals surface area (Å²) in [6.45, 7) is 5.70. The highest BCUT2D eigenvalue weighted by molar-refractivity contribution is 6.33. The van der Waals surface area contributed by atoms with E-state index < -0.39 is 0 Å². The third kappa shape index (κ3) is 7.11. The van der Waals surface area contributed by atoms with Crippen LogP contribution in [0.1, 0.15) is 50.6 Å². The van der Waals surface area contributed by atoms with Crippen molar-refractivity contribution >= 4 is 29.1 Å². The van der Waals surface area contributed by atoms with Gasteiger partial charge in [0.15, 0.2) is 0 Å². The van der Waals surface area contributed by atoms with Gasteiger partial charge in [-0.25, -0.2) is 5.01 Å². The monoisotopic (exact) mass is 540 g/mol. The number of likely N-dealkylation sites (N-methyl/N-ethyl adjacent to an activating group) is 1. The number of halogens is 1. The number of nitrogens with one attached hydrogen (secondary N) is 1. The lowest BCUT2D eigenvalue weighted by Gasteiger charge is -2.31. The number of rotatable bonds is 11. The Balaban J connectivity index is 0.00000400. The fourth-order valence-corrected chi connectivity index (χ4v) is 4.56. The van der Waals surface area contributed by atoms with Gasteiger partial charge in [-0.2, -0.15) is 4.98 Å². The summed E-state index contributed by atoms with van der Waals surface area (Å²) in [7, 11) is 1.76. The molecule has 2 aromatic carbocycles. The van der Waals surface area contributed by atoms with E-state index >= 15 is 0 Å². The maximum Gasteiger partial charge on any atom is 0.256 e. The van der Waals surface area contributed by atoms with Crippen LogP contribution in [0.2, 0.25) is 5.02 Å². The molecular formula is C28H37ClN6O3. The number of anilines is 1. The molecule has 0 unspecified atom stereocenters. The molecule has 204 valence electrons. The van der Waals surface area contributed by atoms with E-state index in [0.29, 0.717) is 47.6 Å². The fourth-order valence-electron chi connectivity index (χ4n) is 4.32. The van der Waals surface area contributed by atoms with Gasteiger partial charge in [0.1, 0.15) is 0 Å². The lowest BCUT2D eigenvalue weighted by molar-refractivity contribution is -0.145. The van der Waals surface area contributed by atoms with Gasteiger partial charge in [0.05, 0.1) is 23.8 Å². The summed E-state index contributed by atoms with van der Waals surface area (Å²) in [6.07, 6.45) is 3.03. The average Bonchev–Trinajstić information content (AvgIpc) is 3.52. The minimum Gasteiger partial charge on any atom is -0.355 e. The summed E-state index contributed by atoms with van der Waals surface area (Å²) in [5.74, 6) is 0.538. The SMILES string of the molecule is C.CCCCCNC(=O)CN(CC(=O)N(C)N1Cc2ccccc2C1)c1cc(-c2noc(C)n2)ccc1Cl. The van der Waals surface area contributed by atoms with Crippen LogP contribution in [0.4, 0.5) is 5.69 Å². The number of hydrogen-bond donors (Lipinski definition) is 1. The lowest BCUT2D eigenvalue weighted by atomic mass is 10.1. The third-order valence-corrected chi connectivity index (χ3v) is 6.76. The van der Waals surface area contributed by atoms with Gasteiger partial charge >= 0.3 is 0 Å². The normalized spacial score (nSPS) is 12.5. The quantitative estimate of drug-likeness (QED) is 0.348. The molecule has 9 nitrogen and oxygen atoms in total. The molecule has 0 saturated carbocycles. The summed E-state index contributed by atoms with van der Waals surface area (Å²) in [4.78, 5) is 32.3. The number of hydrogen-bond acceptors (Lipinski definition) is 7. The van der Waals surface area contributed by atoms with Gasteiger partial charge in [0.25, 0.3) is 5.91 Å². The van der Waals surface area contributed by atoms with Crippen molar-refractivity contribution in [3.8, 4) is 11.4 Å². The van der Waals surface area contributed by atoms with Crippen LogP contribution in [-0.2, 0) is 22.7 Å². The second kappa shape index (κ2) is 13.4. The second-order valence-electron chi connectivity index (χ2n) is 9.23. The van der Waals surface area contributed by atoms with Crippen LogP contribution in [0.5, 0.6) is 0 Å². The number of amides is 2. The van der Waals surface area contributed by atoms with Crippen molar-refractivity contribution in [2.45, 2.75) is 53.6 Å². The molecule has 4 rings (SSSR count). The maximum atomic E-state index is 13.4. The second-order valence-corrected chi connectivity index (χ2v) is 9.63. The number of benzene rings is 2. The van der Waals surface area contributed by atoms with Crippen molar-refractivity contribution < 1.29 is 14.1 Å². The largest absolute Gasteiger partial charge is 0.355 e. The van der Waals surface area contributed by atoms with Crippen LogP contribution >= 0.6 is 11.6 Å². The Morgan fingerprint density at radius 1 is 1.11 bits per heavy atom. The molecule has 0 spiro atoms. The molecule has 0 radical (unpaired) electrons. The number of carbonyl (C=O) groups excluding carboxylic acids is 2. The molecule has 0 fully saturated rings. The van der Waals surface area contributed by atoms with E-state index in [1.807, 2.05) is 17.1 Å². The first kappa shape index (κ1) is 29.1. The van der Waals surface area contributed by atoms with E-state index in [4.69, 9.17) is 16.1 Å². The molecule has 1 aliphatic heterocycles. The van der Waals surface area contributed by atoms with E-state index in [2.05, 4.69) is 34.5 Å². The Morgan fingerprint density at radius 3 is 2.45 bits per heavy atom. The maximum absolute atomic E-state index is 13.4. The molecule has 1 aliphatic rings. The van der Waals surface area contributed by atoms with Gasteiger partial charge < -0.3 is 14.7 Å². The lowest BCUT2D eigenvalue weighted by Crippen LogP contribution is -2.48. The van der Waals surface area contributed by atoms with E-state index in [9.17, 15) is 9.59 Å². The number of aromatic nitrogens is 2. The van der Waals surface area contributed by atoms with Gasteiger partial charge in [-0.3, -0.25) is 14.6 Å².